The molecule has 1 unspecified atom stereocenters. The van der Waals surface area contributed by atoms with Crippen LogP contribution in [0.3, 0.4) is 0 Å². The number of benzene rings is 12. The lowest BCUT2D eigenvalue weighted by Crippen LogP contribution is -2.29. The van der Waals surface area contributed by atoms with Gasteiger partial charge in [0.25, 0.3) is 0 Å². The van der Waals surface area contributed by atoms with Crippen molar-refractivity contribution in [3.8, 4) is 66.8 Å². The Morgan fingerprint density at radius 2 is 0.789 bits per heavy atom. The molecule has 0 radical (unpaired) electrons. The molecule has 0 N–H and O–H groups in total. The topological polar surface area (TPSA) is 19.6 Å². The summed E-state index contributed by atoms with van der Waals surface area (Å²) in [5.41, 5.74) is 26.9. The summed E-state index contributed by atoms with van der Waals surface area (Å²) >= 11 is 0. The second-order valence-electron chi connectivity index (χ2n) is 20.3. The van der Waals surface area contributed by atoms with Gasteiger partial charge in [-0.2, -0.15) is 0 Å². The zero-order valence-corrected chi connectivity index (χ0v) is 41.4. The first-order valence-electron chi connectivity index (χ1n) is 26.2. The molecule has 2 heterocycles. The van der Waals surface area contributed by atoms with Crippen molar-refractivity contribution in [2.45, 2.75) is 5.41 Å². The Labute approximate surface area is 441 Å². The Kier molecular flexibility index (Phi) is 9.25. The molecular weight excluding hydrogens is 921 g/mol. The number of furan rings is 1. The van der Waals surface area contributed by atoms with Crippen molar-refractivity contribution >= 4 is 56.1 Å². The first kappa shape index (κ1) is 42.5. The van der Waals surface area contributed by atoms with Crippen molar-refractivity contribution in [2.24, 2.45) is 0 Å². The molecule has 1 atom stereocenters. The molecule has 0 saturated heterocycles. The maximum atomic E-state index is 6.84. The third-order valence-corrected chi connectivity index (χ3v) is 16.4. The van der Waals surface area contributed by atoms with Gasteiger partial charge in [-0.05, 0) is 145 Å². The van der Waals surface area contributed by atoms with E-state index in [-0.39, 0.29) is 0 Å². The van der Waals surface area contributed by atoms with Gasteiger partial charge in [0.15, 0.2) is 0 Å². The largest absolute Gasteiger partial charge is 0.456 e. The quantitative estimate of drug-likeness (QED) is 0.171. The van der Waals surface area contributed by atoms with Crippen molar-refractivity contribution in [2.75, 3.05) is 9.80 Å². The molecule has 76 heavy (non-hydrogen) atoms. The fraction of sp³-hybridized carbons (Fsp3) is 0.0137. The Bertz CT molecular complexity index is 4490. The van der Waals surface area contributed by atoms with Gasteiger partial charge in [0, 0.05) is 44.5 Å². The molecule has 0 fully saturated rings. The van der Waals surface area contributed by atoms with E-state index in [1.807, 2.05) is 0 Å². The first-order chi connectivity index (χ1) is 37.7. The maximum Gasteiger partial charge on any atom is 0.135 e. The van der Waals surface area contributed by atoms with Crippen LogP contribution in [0.15, 0.2) is 283 Å². The number of rotatable bonds is 5. The van der Waals surface area contributed by atoms with Gasteiger partial charge in [0.1, 0.15) is 11.2 Å². The number of nitrogens with zero attached hydrogens (tertiary/aromatic N) is 2. The van der Waals surface area contributed by atoms with Gasteiger partial charge >= 0.3 is 0 Å². The van der Waals surface area contributed by atoms with Gasteiger partial charge in [-0.1, -0.05) is 206 Å². The van der Waals surface area contributed by atoms with Crippen molar-refractivity contribution < 1.29 is 4.42 Å². The Hall–Kier alpha value is -9.96. The van der Waals surface area contributed by atoms with Crippen molar-refractivity contribution in [1.29, 1.82) is 0 Å². The number of hydrogen-bond donors (Lipinski definition) is 0. The monoisotopic (exact) mass is 966 g/mol. The maximum absolute atomic E-state index is 6.84. The van der Waals surface area contributed by atoms with Gasteiger partial charge in [-0.3, -0.25) is 0 Å². The van der Waals surface area contributed by atoms with Crippen LogP contribution < -0.4 is 9.80 Å². The molecular formula is C73H46N2O. The molecule has 354 valence electrons. The molecule has 3 heteroatoms. The fourth-order valence-corrected chi connectivity index (χ4v) is 13.3. The molecule has 1 spiro atoms. The molecule has 1 aromatic heterocycles. The van der Waals surface area contributed by atoms with Crippen LogP contribution >= 0.6 is 0 Å². The van der Waals surface area contributed by atoms with Gasteiger partial charge < -0.3 is 14.2 Å². The molecule has 3 aliphatic rings. The summed E-state index contributed by atoms with van der Waals surface area (Å²) in [6, 6.07) is 103. The van der Waals surface area contributed by atoms with Gasteiger partial charge in [-0.25, -0.2) is 0 Å². The third kappa shape index (κ3) is 6.05. The molecule has 0 saturated carbocycles. The summed E-state index contributed by atoms with van der Waals surface area (Å²) in [5, 5.41) is 2.25. The minimum atomic E-state index is -0.751. The predicted molar refractivity (Wildman–Crippen MR) is 315 cm³/mol. The molecule has 1 aliphatic heterocycles. The highest BCUT2D eigenvalue weighted by Crippen LogP contribution is 2.63. The van der Waals surface area contributed by atoms with Crippen LogP contribution in [0.2, 0.25) is 0 Å². The molecule has 0 bridgehead atoms. The van der Waals surface area contributed by atoms with E-state index in [2.05, 4.69) is 289 Å². The average Bonchev–Trinajstić information content (AvgIpc) is 4.10. The van der Waals surface area contributed by atoms with Crippen LogP contribution in [0.4, 0.5) is 34.1 Å². The fourth-order valence-electron chi connectivity index (χ4n) is 13.3. The lowest BCUT2D eigenvalue weighted by Gasteiger charge is -2.37. The molecule has 2 aliphatic carbocycles. The van der Waals surface area contributed by atoms with Crippen LogP contribution in [-0.4, -0.2) is 0 Å². The standard InChI is InChI=1S/C73H46N2O/c1-3-21-47(22-4-1)51-25-13-18-36-68(51)74(49-40-42-70-62(43-49)55-29-10-9-28-54(55)59-32-14-19-37-69(59)75(70)48-23-5-2-6-24-48)50-39-41-58-53-27-8-7-26-52(53)56-30-11-16-34-64(56)73(66(58)44-50)65-35-17-12-31-57(65)61-45-63-60-33-15-20-38-71(60)76-72(63)46-67(61)73/h1-46H. The Morgan fingerprint density at radius 3 is 1.53 bits per heavy atom. The highest BCUT2D eigenvalue weighted by atomic mass is 16.3. The van der Waals surface area contributed by atoms with Gasteiger partial charge in [0.2, 0.25) is 0 Å². The lowest BCUT2D eigenvalue weighted by molar-refractivity contribution is 0.666. The van der Waals surface area contributed by atoms with E-state index in [4.69, 9.17) is 4.42 Å². The van der Waals surface area contributed by atoms with Crippen molar-refractivity contribution in [3.63, 3.8) is 0 Å². The summed E-state index contributed by atoms with van der Waals surface area (Å²) < 4.78 is 6.84. The van der Waals surface area contributed by atoms with E-state index in [0.29, 0.717) is 0 Å². The van der Waals surface area contributed by atoms with Crippen LogP contribution in [0.1, 0.15) is 22.3 Å². The van der Waals surface area contributed by atoms with Crippen molar-refractivity contribution in [1.82, 2.24) is 0 Å². The summed E-state index contributed by atoms with van der Waals surface area (Å²) in [6.45, 7) is 0. The molecule has 3 nitrogen and oxygen atoms in total. The minimum absolute atomic E-state index is 0.751. The number of hydrogen-bond acceptors (Lipinski definition) is 3. The molecule has 16 rings (SSSR count). The van der Waals surface area contributed by atoms with Crippen LogP contribution in [0, 0.1) is 0 Å². The highest BCUT2D eigenvalue weighted by molar-refractivity contribution is 6.10. The lowest BCUT2D eigenvalue weighted by atomic mass is 9.65. The van der Waals surface area contributed by atoms with Gasteiger partial charge in [0.05, 0.1) is 22.5 Å². The molecule has 0 amide bonds. The van der Waals surface area contributed by atoms with E-state index in [1.54, 1.807) is 0 Å². The number of anilines is 6. The molecule has 13 aromatic rings. The Morgan fingerprint density at radius 1 is 0.289 bits per heavy atom. The smallest absolute Gasteiger partial charge is 0.135 e. The van der Waals surface area contributed by atoms with E-state index in [0.717, 1.165) is 72.8 Å². The number of fused-ring (bicyclic) bond motifs is 20. The number of para-hydroxylation sites is 4. The summed E-state index contributed by atoms with van der Waals surface area (Å²) in [4.78, 5) is 4.95. The first-order valence-corrected chi connectivity index (χ1v) is 26.2. The summed E-state index contributed by atoms with van der Waals surface area (Å²) in [5.74, 6) is 0. The third-order valence-electron chi connectivity index (χ3n) is 16.4. The molecule has 12 aromatic carbocycles. The minimum Gasteiger partial charge on any atom is -0.456 e. The summed E-state index contributed by atoms with van der Waals surface area (Å²) in [6.07, 6.45) is 0. The second kappa shape index (κ2) is 16.5. The van der Waals surface area contributed by atoms with Crippen LogP contribution in [-0.2, 0) is 5.41 Å². The Balaban J connectivity index is 1.02. The van der Waals surface area contributed by atoms with E-state index < -0.39 is 5.41 Å². The predicted octanol–water partition coefficient (Wildman–Crippen LogP) is 19.9. The zero-order valence-electron chi connectivity index (χ0n) is 41.4. The van der Waals surface area contributed by atoms with E-state index in [9.17, 15) is 0 Å². The van der Waals surface area contributed by atoms with Crippen LogP contribution in [0.25, 0.3) is 88.7 Å². The second-order valence-corrected chi connectivity index (χ2v) is 20.3. The average molecular weight is 967 g/mol. The van der Waals surface area contributed by atoms with Crippen LogP contribution in [0.5, 0.6) is 0 Å². The highest BCUT2D eigenvalue weighted by Gasteiger charge is 2.50. The van der Waals surface area contributed by atoms with E-state index in [1.165, 1.54) is 72.3 Å². The van der Waals surface area contributed by atoms with Crippen molar-refractivity contribution in [3.05, 3.63) is 301 Å². The summed E-state index contributed by atoms with van der Waals surface area (Å²) in [7, 11) is 0. The van der Waals surface area contributed by atoms with Gasteiger partial charge in [-0.15, -0.1) is 0 Å². The van der Waals surface area contributed by atoms with E-state index >= 15 is 0 Å². The SMILES string of the molecule is c1ccc(-c2ccccc2N(c2ccc3c(c2)-c2ccccc2-c2ccccc2N3c2ccccc2)c2ccc3c(c2)C2(c4ccccc4-c4ccccc4-3)c3ccccc3-c3cc4c(cc32)oc2ccccc24)cc1. The zero-order chi connectivity index (χ0) is 49.9. The normalized spacial score (nSPS) is 14.3.